The van der Waals surface area contributed by atoms with E-state index in [2.05, 4.69) is 18.0 Å². The summed E-state index contributed by atoms with van der Waals surface area (Å²) in [6.45, 7) is 2.95. The minimum absolute atomic E-state index is 0.794. The summed E-state index contributed by atoms with van der Waals surface area (Å²) < 4.78 is 5.63. The van der Waals surface area contributed by atoms with E-state index >= 15 is 0 Å². The first-order chi connectivity index (χ1) is 7.40. The second-order valence-electron chi connectivity index (χ2n) is 3.59. The summed E-state index contributed by atoms with van der Waals surface area (Å²) in [5.41, 5.74) is 0. The van der Waals surface area contributed by atoms with Gasteiger partial charge in [0.25, 0.3) is 0 Å². The molecule has 0 N–H and O–H groups in total. The van der Waals surface area contributed by atoms with Crippen LogP contribution in [0, 0.1) is 0 Å². The number of hydrogen-bond acceptors (Lipinski definition) is 2. The SMILES string of the molecule is CCCCOc1ccc2ccncc2c1. The van der Waals surface area contributed by atoms with Crippen molar-refractivity contribution >= 4 is 10.8 Å². The third-order valence-corrected chi connectivity index (χ3v) is 2.38. The van der Waals surface area contributed by atoms with Crippen LogP contribution in [0.3, 0.4) is 0 Å². The Bertz CT molecular complexity index is 439. The van der Waals surface area contributed by atoms with E-state index in [-0.39, 0.29) is 0 Å². The Morgan fingerprint density at radius 1 is 1.20 bits per heavy atom. The first-order valence-electron chi connectivity index (χ1n) is 5.37. The van der Waals surface area contributed by atoms with Gasteiger partial charge in [0, 0.05) is 17.8 Å². The van der Waals surface area contributed by atoms with Crippen LogP contribution in [0.2, 0.25) is 0 Å². The van der Waals surface area contributed by atoms with Gasteiger partial charge in [-0.05, 0) is 30.0 Å². The maximum absolute atomic E-state index is 5.63. The lowest BCUT2D eigenvalue weighted by molar-refractivity contribution is 0.310. The number of fused-ring (bicyclic) bond motifs is 1. The van der Waals surface area contributed by atoms with Crippen LogP contribution in [0.1, 0.15) is 19.8 Å². The van der Waals surface area contributed by atoms with Gasteiger partial charge in [-0.2, -0.15) is 0 Å². The highest BCUT2D eigenvalue weighted by Gasteiger charge is 1.96. The summed E-state index contributed by atoms with van der Waals surface area (Å²) in [4.78, 5) is 4.09. The number of nitrogens with zero attached hydrogens (tertiary/aromatic N) is 1. The molecule has 0 aliphatic carbocycles. The fraction of sp³-hybridized carbons (Fsp3) is 0.308. The molecule has 2 aromatic rings. The number of hydrogen-bond donors (Lipinski definition) is 0. The smallest absolute Gasteiger partial charge is 0.119 e. The molecule has 2 rings (SSSR count). The molecular formula is C13H15NO. The van der Waals surface area contributed by atoms with Crippen LogP contribution in [-0.2, 0) is 0 Å². The molecule has 15 heavy (non-hydrogen) atoms. The van der Waals surface area contributed by atoms with Crippen molar-refractivity contribution in [2.75, 3.05) is 6.61 Å². The van der Waals surface area contributed by atoms with Crippen LogP contribution in [0.15, 0.2) is 36.7 Å². The molecule has 2 heteroatoms. The highest BCUT2D eigenvalue weighted by molar-refractivity contribution is 5.82. The Balaban J connectivity index is 2.16. The van der Waals surface area contributed by atoms with Crippen LogP contribution in [0.25, 0.3) is 10.8 Å². The van der Waals surface area contributed by atoms with Gasteiger partial charge < -0.3 is 4.74 Å². The molecule has 1 aromatic heterocycles. The first-order valence-corrected chi connectivity index (χ1v) is 5.37. The highest BCUT2D eigenvalue weighted by atomic mass is 16.5. The van der Waals surface area contributed by atoms with E-state index < -0.39 is 0 Å². The normalized spacial score (nSPS) is 10.5. The molecule has 0 bridgehead atoms. The minimum atomic E-state index is 0.794. The lowest BCUT2D eigenvalue weighted by atomic mass is 10.2. The lowest BCUT2D eigenvalue weighted by Gasteiger charge is -2.05. The maximum Gasteiger partial charge on any atom is 0.119 e. The summed E-state index contributed by atoms with van der Waals surface area (Å²) in [7, 11) is 0. The number of rotatable bonds is 4. The first kappa shape index (κ1) is 9.97. The van der Waals surface area contributed by atoms with Crippen molar-refractivity contribution in [2.45, 2.75) is 19.8 Å². The summed E-state index contributed by atoms with van der Waals surface area (Å²) >= 11 is 0. The van der Waals surface area contributed by atoms with Gasteiger partial charge in [0.2, 0.25) is 0 Å². The fourth-order valence-corrected chi connectivity index (χ4v) is 1.49. The monoisotopic (exact) mass is 201 g/mol. The summed E-state index contributed by atoms with van der Waals surface area (Å²) in [6.07, 6.45) is 5.93. The molecule has 0 saturated heterocycles. The average molecular weight is 201 g/mol. The van der Waals surface area contributed by atoms with E-state index in [0.29, 0.717) is 0 Å². The van der Waals surface area contributed by atoms with Crippen LogP contribution in [-0.4, -0.2) is 11.6 Å². The van der Waals surface area contributed by atoms with Crippen LogP contribution >= 0.6 is 0 Å². The van der Waals surface area contributed by atoms with E-state index in [1.807, 2.05) is 24.4 Å². The van der Waals surface area contributed by atoms with Crippen molar-refractivity contribution in [3.63, 3.8) is 0 Å². The zero-order chi connectivity index (χ0) is 10.5. The molecule has 2 nitrogen and oxygen atoms in total. The Hall–Kier alpha value is -1.57. The number of pyridine rings is 1. The molecule has 1 heterocycles. The summed E-state index contributed by atoms with van der Waals surface area (Å²) in [6, 6.07) is 8.12. The van der Waals surface area contributed by atoms with Gasteiger partial charge in [-0.3, -0.25) is 4.98 Å². The van der Waals surface area contributed by atoms with Gasteiger partial charge in [0.15, 0.2) is 0 Å². The molecule has 0 atom stereocenters. The Kier molecular flexibility index (Phi) is 3.18. The molecule has 0 unspecified atom stereocenters. The molecule has 0 amide bonds. The molecule has 0 aliphatic heterocycles. The van der Waals surface area contributed by atoms with Crippen molar-refractivity contribution in [1.29, 1.82) is 0 Å². The molecule has 0 fully saturated rings. The number of aromatic nitrogens is 1. The quantitative estimate of drug-likeness (QED) is 0.707. The van der Waals surface area contributed by atoms with E-state index in [4.69, 9.17) is 4.74 Å². The molecule has 0 saturated carbocycles. The van der Waals surface area contributed by atoms with Crippen LogP contribution in [0.5, 0.6) is 5.75 Å². The third-order valence-electron chi connectivity index (χ3n) is 2.38. The van der Waals surface area contributed by atoms with Gasteiger partial charge in [-0.15, -0.1) is 0 Å². The predicted octanol–water partition coefficient (Wildman–Crippen LogP) is 3.41. The number of unbranched alkanes of at least 4 members (excludes halogenated alkanes) is 1. The zero-order valence-corrected chi connectivity index (χ0v) is 8.94. The van der Waals surface area contributed by atoms with Crippen molar-refractivity contribution in [3.8, 4) is 5.75 Å². The second-order valence-corrected chi connectivity index (χ2v) is 3.59. The predicted molar refractivity (Wildman–Crippen MR) is 62.1 cm³/mol. The van der Waals surface area contributed by atoms with E-state index in [1.165, 1.54) is 5.39 Å². The van der Waals surface area contributed by atoms with Crippen molar-refractivity contribution in [3.05, 3.63) is 36.7 Å². The number of ether oxygens (including phenoxy) is 1. The largest absolute Gasteiger partial charge is 0.494 e. The minimum Gasteiger partial charge on any atom is -0.494 e. The summed E-state index contributed by atoms with van der Waals surface area (Å²) in [5.74, 6) is 0.934. The van der Waals surface area contributed by atoms with E-state index in [9.17, 15) is 0 Å². The van der Waals surface area contributed by atoms with Gasteiger partial charge in [-0.1, -0.05) is 19.4 Å². The third kappa shape index (κ3) is 2.46. The van der Waals surface area contributed by atoms with Gasteiger partial charge in [0.1, 0.15) is 5.75 Å². The van der Waals surface area contributed by atoms with Crippen molar-refractivity contribution in [1.82, 2.24) is 4.98 Å². The Morgan fingerprint density at radius 2 is 2.13 bits per heavy atom. The summed E-state index contributed by atoms with van der Waals surface area (Å²) in [5, 5.41) is 2.33. The van der Waals surface area contributed by atoms with E-state index in [0.717, 1.165) is 30.6 Å². The molecular weight excluding hydrogens is 186 g/mol. The standard InChI is InChI=1S/C13H15NO/c1-2-3-8-15-13-5-4-11-6-7-14-10-12(11)9-13/h4-7,9-10H,2-3,8H2,1H3. The molecule has 0 spiro atoms. The Labute approximate surface area is 89.9 Å². The topological polar surface area (TPSA) is 22.1 Å². The molecule has 0 radical (unpaired) electrons. The van der Waals surface area contributed by atoms with E-state index in [1.54, 1.807) is 6.20 Å². The van der Waals surface area contributed by atoms with Crippen molar-refractivity contribution < 1.29 is 4.74 Å². The fourth-order valence-electron chi connectivity index (χ4n) is 1.49. The molecule has 78 valence electrons. The van der Waals surface area contributed by atoms with Crippen molar-refractivity contribution in [2.24, 2.45) is 0 Å². The van der Waals surface area contributed by atoms with Gasteiger partial charge in [0.05, 0.1) is 6.61 Å². The van der Waals surface area contributed by atoms with Gasteiger partial charge in [-0.25, -0.2) is 0 Å². The Morgan fingerprint density at radius 3 is 3.00 bits per heavy atom. The highest BCUT2D eigenvalue weighted by Crippen LogP contribution is 2.19. The second kappa shape index (κ2) is 4.78. The molecule has 0 aliphatic rings. The maximum atomic E-state index is 5.63. The van der Waals surface area contributed by atoms with Crippen LogP contribution < -0.4 is 4.74 Å². The average Bonchev–Trinajstić information content (AvgIpc) is 2.29. The zero-order valence-electron chi connectivity index (χ0n) is 8.94. The lowest BCUT2D eigenvalue weighted by Crippen LogP contribution is -1.95. The van der Waals surface area contributed by atoms with Crippen LogP contribution in [0.4, 0.5) is 0 Å². The van der Waals surface area contributed by atoms with Gasteiger partial charge >= 0.3 is 0 Å². The molecule has 1 aromatic carbocycles. The number of benzene rings is 1.